The molecular formula is C28H27NO7. The number of amides is 1. The van der Waals surface area contributed by atoms with E-state index in [1.54, 1.807) is 74.7 Å². The van der Waals surface area contributed by atoms with E-state index in [9.17, 15) is 19.8 Å². The Labute approximate surface area is 209 Å². The van der Waals surface area contributed by atoms with E-state index in [4.69, 9.17) is 14.2 Å². The fourth-order valence-electron chi connectivity index (χ4n) is 4.22. The van der Waals surface area contributed by atoms with Crippen molar-refractivity contribution in [3.63, 3.8) is 0 Å². The number of benzene rings is 3. The first-order valence-electron chi connectivity index (χ1n) is 11.4. The Morgan fingerprint density at radius 3 is 2.33 bits per heavy atom. The molecule has 8 heteroatoms. The van der Waals surface area contributed by atoms with Gasteiger partial charge in [-0.2, -0.15) is 0 Å². The van der Waals surface area contributed by atoms with E-state index >= 15 is 0 Å². The van der Waals surface area contributed by atoms with Crippen LogP contribution in [0.3, 0.4) is 0 Å². The van der Waals surface area contributed by atoms with Crippen LogP contribution in [-0.4, -0.2) is 47.6 Å². The average Bonchev–Trinajstić information content (AvgIpc) is 3.15. The van der Waals surface area contributed by atoms with Gasteiger partial charge in [0.05, 0.1) is 32.4 Å². The van der Waals surface area contributed by atoms with Crippen molar-refractivity contribution in [2.75, 3.05) is 20.8 Å². The topological polar surface area (TPSA) is 106 Å². The molecule has 1 aliphatic heterocycles. The number of ketones is 1. The summed E-state index contributed by atoms with van der Waals surface area (Å²) in [6.07, 6.45) is 0. The molecule has 1 saturated heterocycles. The van der Waals surface area contributed by atoms with Crippen molar-refractivity contribution in [3.05, 3.63) is 89.0 Å². The molecule has 0 radical (unpaired) electrons. The molecule has 2 N–H and O–H groups in total. The number of carbonyl (C=O) groups excluding carboxylic acids is 2. The lowest BCUT2D eigenvalue weighted by Gasteiger charge is -2.26. The number of aliphatic hydroxyl groups is 1. The fourth-order valence-corrected chi connectivity index (χ4v) is 4.22. The number of phenols is 1. The molecule has 36 heavy (non-hydrogen) atoms. The minimum atomic E-state index is -0.918. The third-order valence-electron chi connectivity index (χ3n) is 5.99. The van der Waals surface area contributed by atoms with E-state index in [1.807, 2.05) is 0 Å². The molecule has 1 amide bonds. The molecule has 0 spiro atoms. The number of nitrogens with zero attached hydrogens (tertiary/aromatic N) is 1. The number of ether oxygens (including phenoxy) is 3. The van der Waals surface area contributed by atoms with Crippen LogP contribution in [0.2, 0.25) is 0 Å². The summed E-state index contributed by atoms with van der Waals surface area (Å²) < 4.78 is 16.0. The Kier molecular flexibility index (Phi) is 7.15. The normalized spacial score (nSPS) is 16.8. The second-order valence-electron chi connectivity index (χ2n) is 8.17. The largest absolute Gasteiger partial charge is 0.507 e. The molecule has 0 aliphatic carbocycles. The van der Waals surface area contributed by atoms with Crippen molar-refractivity contribution in [1.82, 2.24) is 4.90 Å². The Bertz CT molecular complexity index is 1310. The quantitative estimate of drug-likeness (QED) is 0.274. The highest BCUT2D eigenvalue weighted by atomic mass is 16.5. The van der Waals surface area contributed by atoms with Crippen LogP contribution in [-0.2, 0) is 16.1 Å². The van der Waals surface area contributed by atoms with Gasteiger partial charge in [-0.3, -0.25) is 9.59 Å². The standard InChI is InChI=1S/C28H27NO7/c1-4-36-23-15-18(10-13-22(23)30)25-24(26(31)19-6-5-7-21(14-19)35-3)27(32)28(33)29(25)16-17-8-11-20(34-2)12-9-17/h5-15,25,30-31H,4,16H2,1-3H3/b26-24-. The van der Waals surface area contributed by atoms with Crippen LogP contribution in [0.4, 0.5) is 0 Å². The number of hydrogen-bond acceptors (Lipinski definition) is 7. The van der Waals surface area contributed by atoms with Crippen LogP contribution in [0, 0.1) is 0 Å². The van der Waals surface area contributed by atoms with Gasteiger partial charge in [-0.05, 0) is 54.4 Å². The van der Waals surface area contributed by atoms with Gasteiger partial charge < -0.3 is 29.3 Å². The van der Waals surface area contributed by atoms with E-state index in [1.165, 1.54) is 18.1 Å². The van der Waals surface area contributed by atoms with Gasteiger partial charge in [0.2, 0.25) is 0 Å². The van der Waals surface area contributed by atoms with E-state index in [2.05, 4.69) is 0 Å². The predicted molar refractivity (Wildman–Crippen MR) is 133 cm³/mol. The minimum absolute atomic E-state index is 0.0603. The van der Waals surface area contributed by atoms with Gasteiger partial charge in [-0.1, -0.05) is 30.3 Å². The van der Waals surface area contributed by atoms with Gasteiger partial charge in [0, 0.05) is 12.1 Å². The van der Waals surface area contributed by atoms with E-state index in [0.717, 1.165) is 5.56 Å². The van der Waals surface area contributed by atoms with Crippen molar-refractivity contribution >= 4 is 17.4 Å². The lowest BCUT2D eigenvalue weighted by atomic mass is 9.94. The van der Waals surface area contributed by atoms with E-state index < -0.39 is 17.7 Å². The molecule has 0 saturated carbocycles. The van der Waals surface area contributed by atoms with Gasteiger partial charge in [0.1, 0.15) is 17.3 Å². The average molecular weight is 490 g/mol. The summed E-state index contributed by atoms with van der Waals surface area (Å²) in [6, 6.07) is 17.5. The zero-order chi connectivity index (χ0) is 25.8. The summed E-state index contributed by atoms with van der Waals surface area (Å²) in [7, 11) is 3.06. The highest BCUT2D eigenvalue weighted by molar-refractivity contribution is 6.46. The molecule has 186 valence electrons. The second kappa shape index (κ2) is 10.4. The maximum Gasteiger partial charge on any atom is 0.295 e. The van der Waals surface area contributed by atoms with Gasteiger partial charge in [0.25, 0.3) is 11.7 Å². The van der Waals surface area contributed by atoms with Crippen LogP contribution >= 0.6 is 0 Å². The third-order valence-corrected chi connectivity index (χ3v) is 5.99. The maximum atomic E-state index is 13.3. The smallest absolute Gasteiger partial charge is 0.295 e. The van der Waals surface area contributed by atoms with Gasteiger partial charge >= 0.3 is 0 Å². The highest BCUT2D eigenvalue weighted by Gasteiger charge is 2.46. The summed E-state index contributed by atoms with van der Waals surface area (Å²) in [5, 5.41) is 21.5. The first-order chi connectivity index (χ1) is 17.4. The monoisotopic (exact) mass is 489 g/mol. The zero-order valence-corrected chi connectivity index (χ0v) is 20.2. The summed E-state index contributed by atoms with van der Waals surface area (Å²) in [4.78, 5) is 28.0. The fraction of sp³-hybridized carbons (Fsp3) is 0.214. The number of carbonyl (C=O) groups is 2. The molecule has 8 nitrogen and oxygen atoms in total. The van der Waals surface area contributed by atoms with Crippen molar-refractivity contribution in [3.8, 4) is 23.0 Å². The molecule has 1 fully saturated rings. The van der Waals surface area contributed by atoms with Crippen LogP contribution in [0.1, 0.15) is 29.7 Å². The van der Waals surface area contributed by atoms with Crippen LogP contribution in [0.15, 0.2) is 72.3 Å². The number of aliphatic hydroxyl groups excluding tert-OH is 1. The highest BCUT2D eigenvalue weighted by Crippen LogP contribution is 2.42. The molecule has 0 aromatic heterocycles. The van der Waals surface area contributed by atoms with Gasteiger partial charge in [-0.25, -0.2) is 0 Å². The Morgan fingerprint density at radius 2 is 1.67 bits per heavy atom. The molecule has 1 atom stereocenters. The van der Waals surface area contributed by atoms with Crippen molar-refractivity contribution < 1.29 is 34.0 Å². The molecular weight excluding hydrogens is 462 g/mol. The molecule has 1 heterocycles. The van der Waals surface area contributed by atoms with E-state index in [-0.39, 0.29) is 29.4 Å². The Hall–Kier alpha value is -4.46. The lowest BCUT2D eigenvalue weighted by Crippen LogP contribution is -2.29. The van der Waals surface area contributed by atoms with Crippen LogP contribution < -0.4 is 14.2 Å². The zero-order valence-electron chi connectivity index (χ0n) is 20.2. The number of likely N-dealkylation sites (tertiary alicyclic amines) is 1. The third kappa shape index (κ3) is 4.70. The minimum Gasteiger partial charge on any atom is -0.507 e. The number of aromatic hydroxyl groups is 1. The summed E-state index contributed by atoms with van der Waals surface area (Å²) >= 11 is 0. The molecule has 4 rings (SSSR count). The lowest BCUT2D eigenvalue weighted by molar-refractivity contribution is -0.140. The number of phenolic OH excluding ortho intramolecular Hbond substituents is 1. The Balaban J connectivity index is 1.86. The second-order valence-corrected chi connectivity index (χ2v) is 8.17. The molecule has 3 aromatic rings. The number of Topliss-reactive ketones (excluding diaryl/α,β-unsaturated/α-hetero) is 1. The molecule has 1 aliphatic rings. The SMILES string of the molecule is CCOc1cc(C2/C(=C(/O)c3cccc(OC)c3)C(=O)C(=O)N2Cc2ccc(OC)cc2)ccc1O. The van der Waals surface area contributed by atoms with Crippen molar-refractivity contribution in [2.45, 2.75) is 19.5 Å². The Morgan fingerprint density at radius 1 is 0.944 bits per heavy atom. The maximum absolute atomic E-state index is 13.3. The number of hydrogen-bond donors (Lipinski definition) is 2. The summed E-state index contributed by atoms with van der Waals surface area (Å²) in [6.45, 7) is 2.20. The predicted octanol–water partition coefficient (Wildman–Crippen LogP) is 4.43. The van der Waals surface area contributed by atoms with Crippen molar-refractivity contribution in [1.29, 1.82) is 0 Å². The molecule has 3 aromatic carbocycles. The first kappa shape index (κ1) is 24.7. The molecule has 1 unspecified atom stereocenters. The number of methoxy groups -OCH3 is 2. The number of rotatable bonds is 8. The van der Waals surface area contributed by atoms with Crippen LogP contribution in [0.25, 0.3) is 5.76 Å². The summed E-state index contributed by atoms with van der Waals surface area (Å²) in [5.74, 6) is -0.569. The van der Waals surface area contributed by atoms with Crippen LogP contribution in [0.5, 0.6) is 23.0 Å². The van der Waals surface area contributed by atoms with Crippen molar-refractivity contribution in [2.24, 2.45) is 0 Å². The summed E-state index contributed by atoms with van der Waals surface area (Å²) in [5.41, 5.74) is 1.56. The first-order valence-corrected chi connectivity index (χ1v) is 11.4. The van der Waals surface area contributed by atoms with Gasteiger partial charge in [0.15, 0.2) is 11.5 Å². The van der Waals surface area contributed by atoms with Gasteiger partial charge in [-0.15, -0.1) is 0 Å². The van der Waals surface area contributed by atoms with E-state index in [0.29, 0.717) is 29.2 Å². The molecule has 0 bridgehead atoms.